The first-order valence-electron chi connectivity index (χ1n) is 14.5. The number of halogens is 2. The highest BCUT2D eigenvalue weighted by molar-refractivity contribution is 7.98. The molecule has 1 aliphatic carbocycles. The van der Waals surface area contributed by atoms with Gasteiger partial charge in [0.1, 0.15) is 23.5 Å². The molecule has 0 bridgehead atoms. The number of nitrogens with one attached hydrogen (secondary N) is 1. The number of ether oxygens (including phenoxy) is 1. The number of methoxy groups -OCH3 is 1. The second-order valence-electron chi connectivity index (χ2n) is 11.0. The molecular weight excluding hydrogens is 570 g/mol. The maximum Gasteiger partial charge on any atom is 0.328 e. The van der Waals surface area contributed by atoms with Crippen LogP contribution in [0.4, 0.5) is 8.78 Å². The number of benzene rings is 3. The molecule has 1 aliphatic rings. The van der Waals surface area contributed by atoms with E-state index in [0.29, 0.717) is 62.1 Å². The van der Waals surface area contributed by atoms with Crippen LogP contribution in [0.15, 0.2) is 60.7 Å². The molecule has 228 valence electrons. The highest BCUT2D eigenvalue weighted by Crippen LogP contribution is 2.31. The van der Waals surface area contributed by atoms with Crippen LogP contribution in [0.25, 0.3) is 11.1 Å². The maximum atomic E-state index is 14.1. The van der Waals surface area contributed by atoms with E-state index in [0.717, 1.165) is 28.3 Å². The number of esters is 1. The SMILES string of the molecule is COC(=O)[C@H](CCSC)NC(=O)c1ccc(CN(Cc2cc(F)cc(F)c2)C2CCC(=O)CC2)cc1-c1ccccc1C. The lowest BCUT2D eigenvalue weighted by atomic mass is 9.91. The molecule has 9 heteroatoms. The third-order valence-electron chi connectivity index (χ3n) is 7.89. The smallest absolute Gasteiger partial charge is 0.328 e. The zero-order valence-corrected chi connectivity index (χ0v) is 25.6. The van der Waals surface area contributed by atoms with Crippen LogP contribution in [-0.2, 0) is 27.4 Å². The van der Waals surface area contributed by atoms with Crippen LogP contribution in [0.3, 0.4) is 0 Å². The lowest BCUT2D eigenvalue weighted by Gasteiger charge is -2.34. The summed E-state index contributed by atoms with van der Waals surface area (Å²) in [7, 11) is 1.31. The molecule has 0 aromatic heterocycles. The summed E-state index contributed by atoms with van der Waals surface area (Å²) in [4.78, 5) is 40.2. The van der Waals surface area contributed by atoms with Gasteiger partial charge in [-0.3, -0.25) is 14.5 Å². The van der Waals surface area contributed by atoms with E-state index in [9.17, 15) is 23.2 Å². The van der Waals surface area contributed by atoms with Crippen LogP contribution in [0.1, 0.15) is 59.2 Å². The van der Waals surface area contributed by atoms with Crippen molar-refractivity contribution in [3.05, 3.63) is 94.6 Å². The molecule has 43 heavy (non-hydrogen) atoms. The number of hydrogen-bond donors (Lipinski definition) is 1. The van der Waals surface area contributed by atoms with Crippen molar-refractivity contribution in [2.75, 3.05) is 19.1 Å². The van der Waals surface area contributed by atoms with E-state index in [1.54, 1.807) is 17.8 Å². The number of amides is 1. The Morgan fingerprint density at radius 2 is 1.65 bits per heavy atom. The predicted octanol–water partition coefficient (Wildman–Crippen LogP) is 6.48. The zero-order valence-electron chi connectivity index (χ0n) is 24.8. The molecule has 0 saturated heterocycles. The second-order valence-corrected chi connectivity index (χ2v) is 12.0. The summed E-state index contributed by atoms with van der Waals surface area (Å²) in [6, 6.07) is 16.2. The van der Waals surface area contributed by atoms with E-state index in [1.165, 1.54) is 19.2 Å². The Morgan fingerprint density at radius 3 is 2.30 bits per heavy atom. The van der Waals surface area contributed by atoms with Crippen molar-refractivity contribution < 1.29 is 27.9 Å². The molecule has 4 rings (SSSR count). The van der Waals surface area contributed by atoms with E-state index in [4.69, 9.17) is 4.74 Å². The number of carbonyl (C=O) groups excluding carboxylic acids is 3. The van der Waals surface area contributed by atoms with Gasteiger partial charge in [-0.15, -0.1) is 0 Å². The minimum atomic E-state index is -0.773. The second kappa shape index (κ2) is 15.3. The van der Waals surface area contributed by atoms with Crippen molar-refractivity contribution in [2.24, 2.45) is 0 Å². The minimum Gasteiger partial charge on any atom is -0.467 e. The van der Waals surface area contributed by atoms with Gasteiger partial charge < -0.3 is 10.1 Å². The number of rotatable bonds is 12. The van der Waals surface area contributed by atoms with Crippen molar-refractivity contribution >= 4 is 29.4 Å². The first-order chi connectivity index (χ1) is 20.7. The Bertz CT molecular complexity index is 1430. The molecule has 1 saturated carbocycles. The number of thioether (sulfide) groups is 1. The quantitative estimate of drug-likeness (QED) is 0.237. The fourth-order valence-corrected chi connectivity index (χ4v) is 6.10. The van der Waals surface area contributed by atoms with Gasteiger partial charge in [0.05, 0.1) is 7.11 Å². The molecule has 1 atom stereocenters. The fourth-order valence-electron chi connectivity index (χ4n) is 5.62. The highest BCUT2D eigenvalue weighted by atomic mass is 32.2. The molecule has 0 radical (unpaired) electrons. The van der Waals surface area contributed by atoms with E-state index in [1.807, 2.05) is 49.6 Å². The fraction of sp³-hybridized carbons (Fsp3) is 0.382. The van der Waals surface area contributed by atoms with Crippen molar-refractivity contribution in [3.63, 3.8) is 0 Å². The highest BCUT2D eigenvalue weighted by Gasteiger charge is 2.27. The number of carbonyl (C=O) groups is 3. The monoisotopic (exact) mass is 608 g/mol. The number of Topliss-reactive ketones (excluding diaryl/α,β-unsaturated/α-hetero) is 1. The van der Waals surface area contributed by atoms with Gasteiger partial charge >= 0.3 is 5.97 Å². The number of nitrogens with zero attached hydrogens (tertiary/aromatic N) is 1. The maximum absolute atomic E-state index is 14.1. The summed E-state index contributed by atoms with van der Waals surface area (Å²) < 4.78 is 33.1. The summed E-state index contributed by atoms with van der Waals surface area (Å²) >= 11 is 1.58. The van der Waals surface area contributed by atoms with Crippen molar-refractivity contribution in [3.8, 4) is 11.1 Å². The van der Waals surface area contributed by atoms with Gasteiger partial charge in [-0.1, -0.05) is 30.3 Å². The molecule has 1 N–H and O–H groups in total. The number of ketones is 1. The molecule has 6 nitrogen and oxygen atoms in total. The predicted molar refractivity (Wildman–Crippen MR) is 166 cm³/mol. The summed E-state index contributed by atoms with van der Waals surface area (Å²) in [6.07, 6.45) is 4.68. The minimum absolute atomic E-state index is 0.0613. The van der Waals surface area contributed by atoms with Gasteiger partial charge in [-0.05, 0) is 90.3 Å². The molecule has 1 amide bonds. The summed E-state index contributed by atoms with van der Waals surface area (Å²) in [5, 5.41) is 2.87. The topological polar surface area (TPSA) is 75.7 Å². The van der Waals surface area contributed by atoms with Crippen molar-refractivity contribution in [2.45, 2.75) is 64.2 Å². The third-order valence-corrected chi connectivity index (χ3v) is 8.53. The van der Waals surface area contributed by atoms with Crippen LogP contribution in [-0.4, -0.2) is 53.8 Å². The van der Waals surface area contributed by atoms with Crippen molar-refractivity contribution in [1.82, 2.24) is 10.2 Å². The van der Waals surface area contributed by atoms with Crippen LogP contribution in [0.5, 0.6) is 0 Å². The van der Waals surface area contributed by atoms with Gasteiger partial charge in [0.25, 0.3) is 5.91 Å². The Hall–Kier alpha value is -3.56. The average Bonchev–Trinajstić information content (AvgIpc) is 2.98. The van der Waals surface area contributed by atoms with E-state index >= 15 is 0 Å². The average molecular weight is 609 g/mol. The lowest BCUT2D eigenvalue weighted by Crippen LogP contribution is -2.42. The largest absolute Gasteiger partial charge is 0.467 e. The van der Waals surface area contributed by atoms with Gasteiger partial charge in [0, 0.05) is 43.6 Å². The van der Waals surface area contributed by atoms with Crippen LogP contribution in [0, 0.1) is 18.6 Å². The summed E-state index contributed by atoms with van der Waals surface area (Å²) in [5.74, 6) is -1.22. The molecule has 0 aliphatic heterocycles. The molecule has 0 spiro atoms. The molecule has 1 fully saturated rings. The standard InChI is InChI=1S/C34H38F2N2O4S/c1-22-6-4-5-7-29(22)31-18-23(8-13-30(31)33(40)37-32(14-15-43-3)34(41)42-2)20-38(27-9-11-28(39)12-10-27)21-24-16-25(35)19-26(36)17-24/h4-8,13,16-19,27,32H,9-12,14-15,20-21H2,1-3H3,(H,37,40)/t32-/m0/s1. The van der Waals surface area contributed by atoms with Crippen LogP contribution < -0.4 is 5.32 Å². The third kappa shape index (κ3) is 8.74. The van der Waals surface area contributed by atoms with Crippen molar-refractivity contribution in [1.29, 1.82) is 0 Å². The van der Waals surface area contributed by atoms with Gasteiger partial charge in [-0.25, -0.2) is 13.6 Å². The van der Waals surface area contributed by atoms with Crippen LogP contribution >= 0.6 is 11.8 Å². The first kappa shape index (κ1) is 32.4. The van der Waals surface area contributed by atoms with E-state index in [-0.39, 0.29) is 17.7 Å². The molecule has 3 aromatic rings. The Labute approximate surface area is 256 Å². The first-order valence-corrected chi connectivity index (χ1v) is 15.8. The number of aryl methyl sites for hydroxylation is 1. The normalized spacial score (nSPS) is 14.5. The van der Waals surface area contributed by atoms with Gasteiger partial charge in [-0.2, -0.15) is 11.8 Å². The van der Waals surface area contributed by atoms with E-state index in [2.05, 4.69) is 10.2 Å². The Morgan fingerprint density at radius 1 is 0.977 bits per heavy atom. The molecule has 0 unspecified atom stereocenters. The number of hydrogen-bond acceptors (Lipinski definition) is 6. The Balaban J connectivity index is 1.69. The van der Waals surface area contributed by atoms with Crippen LogP contribution in [0.2, 0.25) is 0 Å². The molecule has 0 heterocycles. The Kier molecular flexibility index (Phi) is 11.5. The lowest BCUT2D eigenvalue weighted by molar-refractivity contribution is -0.142. The van der Waals surface area contributed by atoms with Gasteiger partial charge in [0.2, 0.25) is 0 Å². The molecule has 3 aromatic carbocycles. The zero-order chi connectivity index (χ0) is 30.9. The summed E-state index contributed by atoms with van der Waals surface area (Å²) in [6.45, 7) is 2.74. The van der Waals surface area contributed by atoms with Gasteiger partial charge in [0.15, 0.2) is 0 Å². The summed E-state index contributed by atoms with van der Waals surface area (Å²) in [5.41, 5.74) is 4.45. The molecular formula is C34H38F2N2O4S. The van der Waals surface area contributed by atoms with E-state index < -0.39 is 23.6 Å².